The number of morpholine rings is 2. The van der Waals surface area contributed by atoms with E-state index in [9.17, 15) is 5.11 Å². The van der Waals surface area contributed by atoms with Crippen molar-refractivity contribution in [1.82, 2.24) is 15.2 Å². The molecule has 0 amide bonds. The first-order chi connectivity index (χ1) is 12.8. The number of aromatic amines is 1. The fourth-order valence-corrected chi connectivity index (χ4v) is 5.08. The number of anilines is 2. The lowest BCUT2D eigenvalue weighted by molar-refractivity contribution is 0.0728. The van der Waals surface area contributed by atoms with Gasteiger partial charge in [0, 0.05) is 12.6 Å². The van der Waals surface area contributed by atoms with E-state index in [0.29, 0.717) is 25.3 Å². The van der Waals surface area contributed by atoms with E-state index < -0.39 is 0 Å². The summed E-state index contributed by atoms with van der Waals surface area (Å²) >= 11 is 2.27. The van der Waals surface area contributed by atoms with Gasteiger partial charge in [0.1, 0.15) is 9.52 Å². The zero-order valence-corrected chi connectivity index (χ0v) is 16.6. The SMILES string of the molecule is OC[C@@H]1COCCN1c1cc(N2C3CCC2COC3)nc2n[nH]c(I)c12. The number of aliphatic hydroxyl groups excluding tert-OH is 1. The molecule has 2 N–H and O–H groups in total. The highest BCUT2D eigenvalue weighted by Crippen LogP contribution is 2.38. The number of ether oxygens (including phenoxy) is 2. The second-order valence-electron chi connectivity index (χ2n) is 7.17. The maximum Gasteiger partial charge on any atom is 0.186 e. The second kappa shape index (κ2) is 6.77. The molecule has 0 aromatic carbocycles. The number of nitrogens with one attached hydrogen (secondary N) is 1. The third kappa shape index (κ3) is 2.67. The largest absolute Gasteiger partial charge is 0.394 e. The second-order valence-corrected chi connectivity index (χ2v) is 8.25. The molecule has 0 spiro atoms. The van der Waals surface area contributed by atoms with E-state index in [1.165, 1.54) is 0 Å². The first-order valence-corrected chi connectivity index (χ1v) is 10.2. The van der Waals surface area contributed by atoms with E-state index in [1.54, 1.807) is 0 Å². The van der Waals surface area contributed by atoms with Crippen LogP contribution in [-0.4, -0.2) is 78.0 Å². The molecule has 2 bridgehead atoms. The Morgan fingerprint density at radius 1 is 1.23 bits per heavy atom. The zero-order valence-electron chi connectivity index (χ0n) is 14.4. The quantitative estimate of drug-likeness (QED) is 0.650. The van der Waals surface area contributed by atoms with Crippen LogP contribution in [0.4, 0.5) is 11.5 Å². The Morgan fingerprint density at radius 2 is 2.04 bits per heavy atom. The predicted octanol–water partition coefficient (Wildman–Crippen LogP) is 1.13. The minimum atomic E-state index is -0.0469. The number of hydrogen-bond acceptors (Lipinski definition) is 7. The highest BCUT2D eigenvalue weighted by molar-refractivity contribution is 14.1. The molecule has 0 aliphatic carbocycles. The number of hydrogen-bond donors (Lipinski definition) is 2. The molecule has 8 nitrogen and oxygen atoms in total. The Hall–Kier alpha value is -1.17. The van der Waals surface area contributed by atoms with Crippen LogP contribution < -0.4 is 9.80 Å². The Labute approximate surface area is 165 Å². The summed E-state index contributed by atoms with van der Waals surface area (Å²) in [6.45, 7) is 3.54. The normalized spacial score (nSPS) is 28.9. The smallest absolute Gasteiger partial charge is 0.186 e. The summed E-state index contributed by atoms with van der Waals surface area (Å²) in [6.07, 6.45) is 2.29. The minimum Gasteiger partial charge on any atom is -0.394 e. The highest BCUT2D eigenvalue weighted by atomic mass is 127. The van der Waals surface area contributed by atoms with Gasteiger partial charge in [-0.05, 0) is 35.4 Å². The highest BCUT2D eigenvalue weighted by Gasteiger charge is 2.39. The van der Waals surface area contributed by atoms with Crippen LogP contribution in [0.2, 0.25) is 0 Å². The van der Waals surface area contributed by atoms with E-state index in [1.807, 2.05) is 0 Å². The average Bonchev–Trinajstić information content (AvgIpc) is 3.17. The number of fused-ring (bicyclic) bond motifs is 3. The topological polar surface area (TPSA) is 86.7 Å². The Morgan fingerprint density at radius 3 is 2.81 bits per heavy atom. The van der Waals surface area contributed by atoms with Crippen molar-refractivity contribution in [2.24, 2.45) is 0 Å². The van der Waals surface area contributed by atoms with Crippen molar-refractivity contribution in [3.05, 3.63) is 9.77 Å². The van der Waals surface area contributed by atoms with Crippen molar-refractivity contribution < 1.29 is 14.6 Å². The first kappa shape index (κ1) is 17.0. The Kier molecular flexibility index (Phi) is 4.42. The molecule has 26 heavy (non-hydrogen) atoms. The van der Waals surface area contributed by atoms with Crippen LogP contribution in [0.3, 0.4) is 0 Å². The molecular weight excluding hydrogens is 449 g/mol. The molecule has 140 valence electrons. The van der Waals surface area contributed by atoms with Gasteiger partial charge >= 0.3 is 0 Å². The van der Waals surface area contributed by atoms with Crippen LogP contribution in [0.5, 0.6) is 0 Å². The molecule has 0 radical (unpaired) electrons. The summed E-state index contributed by atoms with van der Waals surface area (Å²) in [4.78, 5) is 9.54. The molecule has 2 aromatic heterocycles. The van der Waals surface area contributed by atoms with Gasteiger partial charge in [0.05, 0.1) is 62.2 Å². The van der Waals surface area contributed by atoms with Crippen LogP contribution in [0.25, 0.3) is 11.0 Å². The fourth-order valence-electron chi connectivity index (χ4n) is 4.44. The summed E-state index contributed by atoms with van der Waals surface area (Å²) in [7, 11) is 0. The summed E-state index contributed by atoms with van der Waals surface area (Å²) in [5.41, 5.74) is 1.81. The third-order valence-corrected chi connectivity index (χ3v) is 6.48. The molecule has 3 atom stereocenters. The van der Waals surface area contributed by atoms with Crippen molar-refractivity contribution >= 4 is 45.1 Å². The molecule has 9 heteroatoms. The van der Waals surface area contributed by atoms with Crippen molar-refractivity contribution in [2.75, 3.05) is 49.4 Å². The summed E-state index contributed by atoms with van der Waals surface area (Å²) in [5, 5.41) is 18.4. The van der Waals surface area contributed by atoms with Gasteiger partial charge in [0.2, 0.25) is 0 Å². The Balaban J connectivity index is 1.63. The summed E-state index contributed by atoms with van der Waals surface area (Å²) in [5.74, 6) is 0.967. The van der Waals surface area contributed by atoms with E-state index in [4.69, 9.17) is 14.5 Å². The average molecular weight is 471 g/mol. The van der Waals surface area contributed by atoms with Crippen LogP contribution in [-0.2, 0) is 9.47 Å². The molecule has 3 aliphatic heterocycles. The summed E-state index contributed by atoms with van der Waals surface area (Å²) in [6, 6.07) is 2.91. The fraction of sp³-hybridized carbons (Fsp3) is 0.647. The van der Waals surface area contributed by atoms with E-state index in [2.05, 4.69) is 48.7 Å². The van der Waals surface area contributed by atoms with Crippen molar-refractivity contribution in [1.29, 1.82) is 0 Å². The number of aromatic nitrogens is 3. The molecular formula is C17H22IN5O3. The monoisotopic (exact) mass is 471 g/mol. The van der Waals surface area contributed by atoms with Crippen LogP contribution in [0.1, 0.15) is 12.8 Å². The van der Waals surface area contributed by atoms with Gasteiger partial charge in [-0.15, -0.1) is 0 Å². The lowest BCUT2D eigenvalue weighted by Gasteiger charge is -2.39. The minimum absolute atomic E-state index is 0.0469. The van der Waals surface area contributed by atoms with Gasteiger partial charge in [-0.1, -0.05) is 0 Å². The number of aliphatic hydroxyl groups is 1. The van der Waals surface area contributed by atoms with Gasteiger partial charge in [-0.2, -0.15) is 5.10 Å². The molecule has 3 aliphatic rings. The Bertz CT molecular complexity index is 799. The molecule has 5 rings (SSSR count). The lowest BCUT2D eigenvalue weighted by atomic mass is 10.1. The number of rotatable bonds is 3. The molecule has 5 heterocycles. The van der Waals surface area contributed by atoms with Gasteiger partial charge < -0.3 is 24.4 Å². The van der Waals surface area contributed by atoms with Crippen LogP contribution >= 0.6 is 22.6 Å². The number of H-pyrrole nitrogens is 1. The maximum atomic E-state index is 9.84. The van der Waals surface area contributed by atoms with Crippen molar-refractivity contribution in [3.63, 3.8) is 0 Å². The number of nitrogens with zero attached hydrogens (tertiary/aromatic N) is 4. The van der Waals surface area contributed by atoms with Gasteiger partial charge in [0.15, 0.2) is 5.65 Å². The van der Waals surface area contributed by atoms with Crippen molar-refractivity contribution in [3.8, 4) is 0 Å². The maximum absolute atomic E-state index is 9.84. The van der Waals surface area contributed by atoms with E-state index in [-0.39, 0.29) is 12.6 Å². The molecule has 2 unspecified atom stereocenters. The standard InChI is InChI=1S/C17H22IN5O3/c18-16-15-13(22-3-4-25-9-12(22)6-24)5-14(19-17(15)21-20-16)23-10-1-2-11(23)8-26-7-10/h5,10-12,24H,1-4,6-9H2,(H,19,20,21)/t10?,11?,12-/m1/s1. The molecule has 3 saturated heterocycles. The van der Waals surface area contributed by atoms with Crippen LogP contribution in [0, 0.1) is 3.70 Å². The van der Waals surface area contributed by atoms with E-state index in [0.717, 1.165) is 58.8 Å². The van der Waals surface area contributed by atoms with Gasteiger partial charge in [0.25, 0.3) is 0 Å². The van der Waals surface area contributed by atoms with E-state index >= 15 is 0 Å². The third-order valence-electron chi connectivity index (χ3n) is 5.70. The molecule has 2 aromatic rings. The molecule has 3 fully saturated rings. The lowest BCUT2D eigenvalue weighted by Crippen LogP contribution is -2.48. The predicted molar refractivity (Wildman–Crippen MR) is 106 cm³/mol. The number of halogens is 1. The first-order valence-electron chi connectivity index (χ1n) is 9.12. The van der Waals surface area contributed by atoms with Gasteiger partial charge in [-0.3, -0.25) is 5.10 Å². The van der Waals surface area contributed by atoms with Gasteiger partial charge in [-0.25, -0.2) is 4.98 Å². The summed E-state index contributed by atoms with van der Waals surface area (Å²) < 4.78 is 12.3. The zero-order chi connectivity index (χ0) is 17.7. The molecule has 0 saturated carbocycles. The number of pyridine rings is 1. The van der Waals surface area contributed by atoms with Crippen molar-refractivity contribution in [2.45, 2.75) is 31.0 Å². The van der Waals surface area contributed by atoms with Crippen LogP contribution in [0.15, 0.2) is 6.07 Å².